The number of amides is 1. The highest BCUT2D eigenvalue weighted by Crippen LogP contribution is 2.44. The number of hydrogen-bond donors (Lipinski definition) is 1. The van der Waals surface area contributed by atoms with Crippen molar-refractivity contribution in [2.75, 3.05) is 24.7 Å². The number of rotatable bonds is 10. The van der Waals surface area contributed by atoms with E-state index in [1.807, 2.05) is 13.8 Å². The number of carbonyl (C=O) groups is 3. The smallest absolute Gasteiger partial charge is 0.350 e. The van der Waals surface area contributed by atoms with Crippen LogP contribution in [0.2, 0.25) is 0 Å². The molecule has 0 aliphatic carbocycles. The van der Waals surface area contributed by atoms with Crippen molar-refractivity contribution in [3.05, 3.63) is 75.8 Å². The fraction of sp³-hybridized carbons (Fsp3) is 0.310. The van der Waals surface area contributed by atoms with Gasteiger partial charge in [0.1, 0.15) is 22.1 Å². The van der Waals surface area contributed by atoms with Gasteiger partial charge in [-0.3, -0.25) is 14.5 Å². The maximum Gasteiger partial charge on any atom is 0.350 e. The van der Waals surface area contributed by atoms with Gasteiger partial charge in [0, 0.05) is 5.56 Å². The van der Waals surface area contributed by atoms with Gasteiger partial charge < -0.3 is 19.3 Å². The second kappa shape index (κ2) is 12.1. The number of anilines is 1. The molecule has 1 N–H and O–H groups in total. The van der Waals surface area contributed by atoms with Gasteiger partial charge in [0.2, 0.25) is 0 Å². The summed E-state index contributed by atoms with van der Waals surface area (Å²) < 4.78 is 16.4. The topological polar surface area (TPSA) is 115 Å². The molecule has 1 aromatic heterocycles. The summed E-state index contributed by atoms with van der Waals surface area (Å²) in [6.45, 7) is 8.33. The lowest BCUT2D eigenvalue weighted by molar-refractivity contribution is -0.132. The van der Waals surface area contributed by atoms with Gasteiger partial charge in [0.25, 0.3) is 5.78 Å². The molecule has 2 aromatic carbocycles. The average molecular weight is 551 g/mol. The van der Waals surface area contributed by atoms with E-state index in [-0.39, 0.29) is 27.9 Å². The Morgan fingerprint density at radius 3 is 2.44 bits per heavy atom. The number of thiazole rings is 1. The quantitative estimate of drug-likeness (QED) is 0.154. The maximum atomic E-state index is 13.5. The molecule has 1 aliphatic heterocycles. The third-order valence-corrected chi connectivity index (χ3v) is 7.12. The van der Waals surface area contributed by atoms with Crippen LogP contribution in [-0.2, 0) is 14.3 Å². The van der Waals surface area contributed by atoms with Crippen molar-refractivity contribution in [1.29, 1.82) is 0 Å². The summed E-state index contributed by atoms with van der Waals surface area (Å²) in [5.41, 5.74) is 1.17. The average Bonchev–Trinajstić information content (AvgIpc) is 3.44. The Balaban J connectivity index is 1.87. The van der Waals surface area contributed by atoms with Crippen LogP contribution in [-0.4, -0.2) is 47.6 Å². The van der Waals surface area contributed by atoms with Crippen molar-refractivity contribution >= 4 is 39.9 Å². The molecular formula is C29H30N2O7S. The van der Waals surface area contributed by atoms with E-state index >= 15 is 0 Å². The zero-order valence-electron chi connectivity index (χ0n) is 22.2. The number of ether oxygens (including phenoxy) is 3. The number of aromatic nitrogens is 1. The molecule has 1 atom stereocenters. The van der Waals surface area contributed by atoms with Gasteiger partial charge in [-0.15, -0.1) is 0 Å². The molecule has 0 radical (unpaired) electrons. The first-order chi connectivity index (χ1) is 18.8. The van der Waals surface area contributed by atoms with Crippen molar-refractivity contribution in [2.24, 2.45) is 0 Å². The predicted octanol–water partition coefficient (Wildman–Crippen LogP) is 5.44. The zero-order chi connectivity index (χ0) is 28.1. The molecule has 0 spiro atoms. The third-order valence-electron chi connectivity index (χ3n) is 5.98. The van der Waals surface area contributed by atoms with Gasteiger partial charge in [0.05, 0.1) is 37.1 Å². The number of benzene rings is 2. The molecule has 4 rings (SSSR count). The molecule has 0 saturated carbocycles. The van der Waals surface area contributed by atoms with Crippen molar-refractivity contribution in [1.82, 2.24) is 4.98 Å². The Hall–Kier alpha value is -4.18. The second-order valence-electron chi connectivity index (χ2n) is 8.68. The van der Waals surface area contributed by atoms with Crippen LogP contribution >= 0.6 is 11.3 Å². The van der Waals surface area contributed by atoms with Gasteiger partial charge >= 0.3 is 11.9 Å². The van der Waals surface area contributed by atoms with Crippen LogP contribution in [0.1, 0.15) is 59.7 Å². The molecule has 9 nitrogen and oxygen atoms in total. The number of Topliss-reactive ketones (excluding diaryl/α,β-unsaturated/α-hetero) is 1. The highest BCUT2D eigenvalue weighted by molar-refractivity contribution is 7.17. The highest BCUT2D eigenvalue weighted by Gasteiger charge is 2.48. The Kier molecular flexibility index (Phi) is 8.65. The number of hydrogen-bond acceptors (Lipinski definition) is 9. The van der Waals surface area contributed by atoms with Crippen LogP contribution in [0.25, 0.3) is 5.76 Å². The fourth-order valence-corrected chi connectivity index (χ4v) is 5.23. The van der Waals surface area contributed by atoms with Gasteiger partial charge in [-0.25, -0.2) is 9.78 Å². The van der Waals surface area contributed by atoms with E-state index in [4.69, 9.17) is 14.2 Å². The van der Waals surface area contributed by atoms with Crippen LogP contribution in [0.15, 0.2) is 54.1 Å². The van der Waals surface area contributed by atoms with E-state index in [0.29, 0.717) is 41.5 Å². The van der Waals surface area contributed by atoms with Gasteiger partial charge in [0.15, 0.2) is 5.13 Å². The largest absolute Gasteiger partial charge is 0.507 e. The fourth-order valence-electron chi connectivity index (χ4n) is 4.24. The molecular weight excluding hydrogens is 520 g/mol. The molecule has 0 bridgehead atoms. The van der Waals surface area contributed by atoms with E-state index in [2.05, 4.69) is 4.98 Å². The summed E-state index contributed by atoms with van der Waals surface area (Å²) in [5, 5.41) is 11.6. The summed E-state index contributed by atoms with van der Waals surface area (Å²) in [6.07, 6.45) is 0.806. The Morgan fingerprint density at radius 1 is 1.03 bits per heavy atom. The van der Waals surface area contributed by atoms with Crippen molar-refractivity contribution in [3.8, 4) is 11.5 Å². The van der Waals surface area contributed by atoms with E-state index in [1.165, 1.54) is 4.90 Å². The van der Waals surface area contributed by atoms with Crippen molar-refractivity contribution in [3.63, 3.8) is 0 Å². The SMILES string of the molecule is CCCOc1cccc(C(O)=C2C(=O)C(=O)N(c3nc(C)c(C(=O)OCC)s3)C2c2ccc(OCC)cc2)c1. The molecule has 39 heavy (non-hydrogen) atoms. The minimum Gasteiger partial charge on any atom is -0.507 e. The summed E-state index contributed by atoms with van der Waals surface area (Å²) in [5.74, 6) is -1.47. The van der Waals surface area contributed by atoms with Crippen LogP contribution in [0.4, 0.5) is 5.13 Å². The molecule has 1 aliphatic rings. The highest BCUT2D eigenvalue weighted by atomic mass is 32.1. The first-order valence-corrected chi connectivity index (χ1v) is 13.5. The lowest BCUT2D eigenvalue weighted by Gasteiger charge is -2.23. The van der Waals surface area contributed by atoms with Crippen molar-refractivity contribution < 1.29 is 33.7 Å². The van der Waals surface area contributed by atoms with E-state index < -0.39 is 23.7 Å². The monoisotopic (exact) mass is 550 g/mol. The molecule has 10 heteroatoms. The molecule has 1 unspecified atom stereocenters. The number of aliphatic hydroxyl groups excluding tert-OH is 1. The van der Waals surface area contributed by atoms with E-state index in [9.17, 15) is 19.5 Å². The van der Waals surface area contributed by atoms with Crippen LogP contribution in [0.5, 0.6) is 11.5 Å². The Morgan fingerprint density at radius 2 is 1.77 bits per heavy atom. The number of aryl methyl sites for hydroxylation is 1. The molecule has 1 fully saturated rings. The van der Waals surface area contributed by atoms with E-state index in [0.717, 1.165) is 17.8 Å². The lowest BCUT2D eigenvalue weighted by atomic mass is 9.95. The first-order valence-electron chi connectivity index (χ1n) is 12.7. The van der Waals surface area contributed by atoms with Crippen LogP contribution in [0, 0.1) is 6.92 Å². The molecule has 2 heterocycles. The van der Waals surface area contributed by atoms with Crippen LogP contribution < -0.4 is 14.4 Å². The minimum atomic E-state index is -0.999. The Bertz CT molecular complexity index is 1410. The number of carbonyl (C=O) groups excluding carboxylic acids is 3. The number of nitrogens with zero attached hydrogens (tertiary/aromatic N) is 2. The molecule has 1 saturated heterocycles. The third kappa shape index (κ3) is 5.65. The molecule has 3 aromatic rings. The van der Waals surface area contributed by atoms with Crippen LogP contribution in [0.3, 0.4) is 0 Å². The minimum absolute atomic E-state index is 0.0951. The summed E-state index contributed by atoms with van der Waals surface area (Å²) >= 11 is 0.960. The predicted molar refractivity (Wildman–Crippen MR) is 147 cm³/mol. The van der Waals surface area contributed by atoms with E-state index in [1.54, 1.807) is 62.4 Å². The van der Waals surface area contributed by atoms with Gasteiger partial charge in [-0.05, 0) is 57.0 Å². The zero-order valence-corrected chi connectivity index (χ0v) is 23.0. The normalized spacial score (nSPS) is 16.4. The van der Waals surface area contributed by atoms with Crippen molar-refractivity contribution in [2.45, 2.75) is 40.2 Å². The second-order valence-corrected chi connectivity index (χ2v) is 9.66. The number of esters is 1. The summed E-state index contributed by atoms with van der Waals surface area (Å²) in [6, 6.07) is 12.7. The number of aliphatic hydroxyl groups is 1. The van der Waals surface area contributed by atoms with Gasteiger partial charge in [-0.2, -0.15) is 0 Å². The van der Waals surface area contributed by atoms with Gasteiger partial charge in [-0.1, -0.05) is 42.5 Å². The Labute approximate surface area is 230 Å². The maximum absolute atomic E-state index is 13.5. The number of ketones is 1. The molecule has 1 amide bonds. The lowest BCUT2D eigenvalue weighted by Crippen LogP contribution is -2.29. The molecule has 204 valence electrons. The summed E-state index contributed by atoms with van der Waals surface area (Å²) in [7, 11) is 0. The summed E-state index contributed by atoms with van der Waals surface area (Å²) in [4.78, 5) is 45.3. The standard InChI is InChI=1S/C29H30N2O7S/c1-5-15-38-21-10-8-9-19(16-21)24(32)22-23(18-11-13-20(14-12-18)36-6-2)31(27(34)25(22)33)29-30-17(4)26(39-29)28(35)37-7-3/h8-14,16,23,32H,5-7,15H2,1-4H3. The first kappa shape index (κ1) is 27.8.